The molecule has 0 spiro atoms. The molecule has 3 unspecified atom stereocenters. The quantitative estimate of drug-likeness (QED) is 0.331. The predicted octanol–water partition coefficient (Wildman–Crippen LogP) is 3.52. The third-order valence-corrected chi connectivity index (χ3v) is 6.00. The molecule has 10 heteroatoms. The smallest absolute Gasteiger partial charge is 0.408 e. The summed E-state index contributed by atoms with van der Waals surface area (Å²) < 4.78 is 5.29. The Morgan fingerprint density at radius 2 is 1.65 bits per heavy atom. The van der Waals surface area contributed by atoms with Gasteiger partial charge >= 0.3 is 6.09 Å². The summed E-state index contributed by atoms with van der Waals surface area (Å²) in [6.07, 6.45) is 0.578. The summed E-state index contributed by atoms with van der Waals surface area (Å²) in [6, 6.07) is 3.45. The van der Waals surface area contributed by atoms with Crippen molar-refractivity contribution in [1.29, 1.82) is 0 Å². The lowest BCUT2D eigenvalue weighted by atomic mass is 9.91. The van der Waals surface area contributed by atoms with Gasteiger partial charge in [-0.2, -0.15) is 0 Å². The average molecular weight is 521 g/mol. The lowest BCUT2D eigenvalue weighted by Gasteiger charge is -2.44. The highest BCUT2D eigenvalue weighted by Gasteiger charge is 2.44. The van der Waals surface area contributed by atoms with Crippen molar-refractivity contribution in [2.45, 2.75) is 110 Å². The number of phenolic OH excluding ortho intramolecular Hbond substituents is 1. The van der Waals surface area contributed by atoms with Gasteiger partial charge in [0.25, 0.3) is 0 Å². The number of para-hydroxylation sites is 1. The van der Waals surface area contributed by atoms with Crippen LogP contribution in [-0.2, 0) is 19.1 Å². The van der Waals surface area contributed by atoms with E-state index in [1.165, 1.54) is 11.0 Å². The molecule has 0 aromatic heterocycles. The molecule has 0 heterocycles. The fourth-order valence-electron chi connectivity index (χ4n) is 3.91. The number of carbonyl (C=O) groups excluding carboxylic acids is 4. The minimum absolute atomic E-state index is 0.165. The summed E-state index contributed by atoms with van der Waals surface area (Å²) in [5, 5.41) is 16.1. The van der Waals surface area contributed by atoms with E-state index in [1.807, 2.05) is 20.8 Å². The van der Waals surface area contributed by atoms with E-state index < -0.39 is 53.5 Å². The highest BCUT2D eigenvalue weighted by Crippen LogP contribution is 2.36. The van der Waals surface area contributed by atoms with Gasteiger partial charge in [0.2, 0.25) is 17.7 Å². The van der Waals surface area contributed by atoms with Gasteiger partial charge in [0, 0.05) is 17.1 Å². The predicted molar refractivity (Wildman–Crippen MR) is 142 cm³/mol. The molecule has 0 fully saturated rings. The van der Waals surface area contributed by atoms with Crippen molar-refractivity contribution in [3.63, 3.8) is 0 Å². The molecule has 0 radical (unpaired) electrons. The van der Waals surface area contributed by atoms with Gasteiger partial charge in [-0.1, -0.05) is 38.5 Å². The third kappa shape index (κ3) is 9.59. The van der Waals surface area contributed by atoms with Crippen molar-refractivity contribution >= 4 is 23.8 Å². The largest absolute Gasteiger partial charge is 0.508 e. The zero-order chi connectivity index (χ0) is 28.6. The molecule has 37 heavy (non-hydrogen) atoms. The summed E-state index contributed by atoms with van der Waals surface area (Å²) in [6.45, 7) is 14.3. The molecule has 0 aliphatic heterocycles. The maximum atomic E-state index is 14.1. The monoisotopic (exact) mass is 520 g/mol. The molecule has 0 bridgehead atoms. The molecular formula is C27H44N4O6. The summed E-state index contributed by atoms with van der Waals surface area (Å²) in [4.78, 5) is 53.6. The molecule has 4 amide bonds. The van der Waals surface area contributed by atoms with Crippen LogP contribution in [0, 0.1) is 0 Å². The Bertz CT molecular complexity index is 956. The molecule has 5 N–H and O–H groups in total. The van der Waals surface area contributed by atoms with E-state index >= 15 is 0 Å². The molecular weight excluding hydrogens is 476 g/mol. The van der Waals surface area contributed by atoms with E-state index in [2.05, 4.69) is 10.6 Å². The first-order chi connectivity index (χ1) is 17.0. The van der Waals surface area contributed by atoms with E-state index in [0.29, 0.717) is 6.42 Å². The van der Waals surface area contributed by atoms with Crippen molar-refractivity contribution in [1.82, 2.24) is 15.5 Å². The van der Waals surface area contributed by atoms with E-state index in [1.54, 1.807) is 52.8 Å². The highest BCUT2D eigenvalue weighted by atomic mass is 16.6. The fourth-order valence-corrected chi connectivity index (χ4v) is 3.91. The maximum Gasteiger partial charge on any atom is 0.408 e. The standard InChI is InChI=1S/C27H44N4O6/c1-9-13-17(3)29-23(34)22(18-14-11-12-15-20(18)32)31(27(7,8)10-2)24(35)19(16-21(28)33)30-25(36)37-26(4,5)6/h11-12,14-15,17,19,22,32H,9-10,13,16H2,1-8H3,(H2,28,33)(H,29,34)(H,30,36). The van der Waals surface area contributed by atoms with Crippen LogP contribution in [0.15, 0.2) is 24.3 Å². The van der Waals surface area contributed by atoms with Crippen LogP contribution in [0.25, 0.3) is 0 Å². The van der Waals surface area contributed by atoms with Gasteiger partial charge in [-0.15, -0.1) is 0 Å². The molecule has 208 valence electrons. The second-order valence-corrected chi connectivity index (χ2v) is 10.9. The van der Waals surface area contributed by atoms with Crippen LogP contribution in [0.3, 0.4) is 0 Å². The van der Waals surface area contributed by atoms with E-state index in [4.69, 9.17) is 10.5 Å². The first-order valence-electron chi connectivity index (χ1n) is 12.7. The van der Waals surface area contributed by atoms with Crippen molar-refractivity contribution in [3.05, 3.63) is 29.8 Å². The molecule has 1 rings (SSSR count). The number of nitrogens with two attached hydrogens (primary N) is 1. The Kier molecular flexibility index (Phi) is 11.4. The van der Waals surface area contributed by atoms with Gasteiger partial charge in [-0.3, -0.25) is 14.4 Å². The molecule has 1 aromatic carbocycles. The van der Waals surface area contributed by atoms with Crippen LogP contribution in [-0.4, -0.2) is 57.0 Å². The average Bonchev–Trinajstić information content (AvgIpc) is 2.75. The number of rotatable bonds is 12. The SMILES string of the molecule is CCCC(C)NC(=O)C(c1ccccc1O)N(C(=O)C(CC(N)=O)NC(=O)OC(C)(C)C)C(C)(C)CC. The first kappa shape index (κ1) is 31.7. The first-order valence-corrected chi connectivity index (χ1v) is 12.7. The molecule has 3 atom stereocenters. The zero-order valence-electron chi connectivity index (χ0n) is 23.4. The van der Waals surface area contributed by atoms with Gasteiger partial charge in [0.1, 0.15) is 23.4 Å². The topological polar surface area (TPSA) is 151 Å². The van der Waals surface area contributed by atoms with Gasteiger partial charge in [0.05, 0.1) is 6.42 Å². The number of hydrogen-bond donors (Lipinski definition) is 4. The number of phenols is 1. The molecule has 10 nitrogen and oxygen atoms in total. The Hall–Kier alpha value is -3.30. The number of hydrogen-bond acceptors (Lipinski definition) is 6. The van der Waals surface area contributed by atoms with E-state index in [-0.39, 0.29) is 17.4 Å². The Morgan fingerprint density at radius 1 is 1.05 bits per heavy atom. The summed E-state index contributed by atoms with van der Waals surface area (Å²) >= 11 is 0. The minimum Gasteiger partial charge on any atom is -0.508 e. The number of aromatic hydroxyl groups is 1. The van der Waals surface area contributed by atoms with Crippen molar-refractivity contribution in [2.75, 3.05) is 0 Å². The summed E-state index contributed by atoms with van der Waals surface area (Å²) in [5.74, 6) is -2.18. The number of benzene rings is 1. The number of amides is 4. The number of primary amides is 1. The van der Waals surface area contributed by atoms with Crippen LogP contribution in [0.2, 0.25) is 0 Å². The summed E-state index contributed by atoms with van der Waals surface area (Å²) in [5.41, 5.74) is 3.87. The van der Waals surface area contributed by atoms with Gasteiger partial charge in [-0.05, 0) is 60.5 Å². The van der Waals surface area contributed by atoms with Gasteiger partial charge < -0.3 is 31.1 Å². The Morgan fingerprint density at radius 3 is 2.14 bits per heavy atom. The van der Waals surface area contributed by atoms with Crippen molar-refractivity contribution < 1.29 is 29.0 Å². The molecule has 0 saturated carbocycles. The van der Waals surface area contributed by atoms with Crippen molar-refractivity contribution in [2.24, 2.45) is 5.73 Å². The van der Waals surface area contributed by atoms with Crippen LogP contribution in [0.5, 0.6) is 5.75 Å². The van der Waals surface area contributed by atoms with E-state index in [0.717, 1.165) is 12.8 Å². The second-order valence-electron chi connectivity index (χ2n) is 10.9. The normalized spacial score (nSPS) is 14.2. The number of ether oxygens (including phenoxy) is 1. The molecule has 0 aliphatic carbocycles. The Balaban J connectivity index is 3.67. The number of alkyl carbamates (subject to hydrolysis) is 1. The number of nitrogens with one attached hydrogen (secondary N) is 2. The van der Waals surface area contributed by atoms with Crippen LogP contribution < -0.4 is 16.4 Å². The van der Waals surface area contributed by atoms with Crippen LogP contribution >= 0.6 is 0 Å². The van der Waals surface area contributed by atoms with E-state index in [9.17, 15) is 24.3 Å². The molecule has 1 aromatic rings. The van der Waals surface area contributed by atoms with Crippen LogP contribution in [0.1, 0.15) is 92.7 Å². The van der Waals surface area contributed by atoms with Crippen molar-refractivity contribution in [3.8, 4) is 5.75 Å². The lowest BCUT2D eigenvalue weighted by molar-refractivity contribution is -0.150. The number of carbonyl (C=O) groups is 4. The van der Waals surface area contributed by atoms with Gasteiger partial charge in [-0.25, -0.2) is 4.79 Å². The molecule has 0 aliphatic rings. The fraction of sp³-hybridized carbons (Fsp3) is 0.630. The minimum atomic E-state index is -1.40. The van der Waals surface area contributed by atoms with Gasteiger partial charge in [0.15, 0.2) is 0 Å². The Labute approximate surface area is 220 Å². The third-order valence-electron chi connectivity index (χ3n) is 6.00. The zero-order valence-corrected chi connectivity index (χ0v) is 23.4. The maximum absolute atomic E-state index is 14.1. The second kappa shape index (κ2) is 13.3. The van der Waals surface area contributed by atoms with Crippen LogP contribution in [0.4, 0.5) is 4.79 Å². The molecule has 0 saturated heterocycles. The summed E-state index contributed by atoms with van der Waals surface area (Å²) in [7, 11) is 0. The lowest BCUT2D eigenvalue weighted by Crippen LogP contribution is -2.60. The number of nitrogens with zero attached hydrogens (tertiary/aromatic N) is 1. The highest BCUT2D eigenvalue weighted by molar-refractivity contribution is 5.95.